The number of hydrogen-bond donors (Lipinski definition) is 0. The van der Waals surface area contributed by atoms with E-state index in [0.717, 1.165) is 5.56 Å². The second-order valence-corrected chi connectivity index (χ2v) is 4.52. The highest BCUT2D eigenvalue weighted by Crippen LogP contribution is 2.20. The molecule has 0 fully saturated rings. The molecule has 0 bridgehead atoms. The zero-order chi connectivity index (χ0) is 15.1. The van der Waals surface area contributed by atoms with Gasteiger partial charge >= 0.3 is 5.97 Å². The van der Waals surface area contributed by atoms with Crippen LogP contribution in [-0.2, 0) is 22.6 Å². The zero-order valence-corrected chi connectivity index (χ0v) is 11.8. The molecule has 2 rings (SSSR count). The van der Waals surface area contributed by atoms with Gasteiger partial charge in [0.25, 0.3) is 0 Å². The van der Waals surface area contributed by atoms with Crippen molar-refractivity contribution in [2.24, 2.45) is 0 Å². The zero-order valence-electron chi connectivity index (χ0n) is 11.8. The van der Waals surface area contributed by atoms with Crippen LogP contribution in [0.2, 0.25) is 0 Å². The van der Waals surface area contributed by atoms with Crippen LogP contribution in [0.3, 0.4) is 0 Å². The quantitative estimate of drug-likeness (QED) is 0.763. The van der Waals surface area contributed by atoms with Crippen LogP contribution in [0.15, 0.2) is 48.5 Å². The molecule has 0 aliphatic rings. The topological polar surface area (TPSA) is 35.5 Å². The molecule has 0 spiro atoms. The van der Waals surface area contributed by atoms with Gasteiger partial charge in [-0.3, -0.25) is 4.79 Å². The summed E-state index contributed by atoms with van der Waals surface area (Å²) < 4.78 is 24.2. The SMILES string of the molecule is CCOC(=O)Cc1ccc(OCc2ccccc2)c(F)c1. The third-order valence-corrected chi connectivity index (χ3v) is 2.89. The fraction of sp³-hybridized carbons (Fsp3) is 0.235. The summed E-state index contributed by atoms with van der Waals surface area (Å²) >= 11 is 0. The smallest absolute Gasteiger partial charge is 0.310 e. The van der Waals surface area contributed by atoms with E-state index >= 15 is 0 Å². The number of hydrogen-bond acceptors (Lipinski definition) is 3. The Labute approximate surface area is 123 Å². The summed E-state index contributed by atoms with van der Waals surface area (Å²) in [4.78, 5) is 11.3. The first-order valence-corrected chi connectivity index (χ1v) is 6.80. The Bertz CT molecular complexity index is 596. The highest BCUT2D eigenvalue weighted by molar-refractivity contribution is 5.72. The van der Waals surface area contributed by atoms with Crippen LogP contribution in [-0.4, -0.2) is 12.6 Å². The third-order valence-electron chi connectivity index (χ3n) is 2.89. The number of carbonyl (C=O) groups is 1. The fourth-order valence-electron chi connectivity index (χ4n) is 1.89. The van der Waals surface area contributed by atoms with Gasteiger partial charge < -0.3 is 9.47 Å². The minimum atomic E-state index is -0.479. The summed E-state index contributed by atoms with van der Waals surface area (Å²) in [5.74, 6) is -0.672. The maximum atomic E-state index is 13.9. The Morgan fingerprint density at radius 1 is 1.10 bits per heavy atom. The molecule has 0 aliphatic carbocycles. The van der Waals surface area contributed by atoms with E-state index < -0.39 is 5.82 Å². The van der Waals surface area contributed by atoms with Gasteiger partial charge in [0.2, 0.25) is 0 Å². The molecule has 0 radical (unpaired) electrons. The second kappa shape index (κ2) is 7.43. The van der Waals surface area contributed by atoms with Crippen molar-refractivity contribution in [3.8, 4) is 5.75 Å². The fourth-order valence-corrected chi connectivity index (χ4v) is 1.89. The summed E-state index contributed by atoms with van der Waals surface area (Å²) in [7, 11) is 0. The number of benzene rings is 2. The van der Waals surface area contributed by atoms with Crippen molar-refractivity contribution in [3.63, 3.8) is 0 Å². The molecule has 21 heavy (non-hydrogen) atoms. The number of halogens is 1. The molecule has 0 aromatic heterocycles. The molecule has 0 saturated heterocycles. The Morgan fingerprint density at radius 3 is 2.52 bits per heavy atom. The standard InChI is InChI=1S/C17H17FO3/c1-2-20-17(19)11-14-8-9-16(15(18)10-14)21-12-13-6-4-3-5-7-13/h3-10H,2,11-12H2,1H3. The second-order valence-electron chi connectivity index (χ2n) is 4.52. The maximum absolute atomic E-state index is 13.9. The highest BCUT2D eigenvalue weighted by Gasteiger charge is 2.09. The van der Waals surface area contributed by atoms with E-state index in [1.54, 1.807) is 13.0 Å². The Kier molecular flexibility index (Phi) is 5.32. The van der Waals surface area contributed by atoms with E-state index in [0.29, 0.717) is 18.8 Å². The van der Waals surface area contributed by atoms with Crippen LogP contribution in [0.5, 0.6) is 5.75 Å². The molecular formula is C17H17FO3. The molecule has 0 atom stereocenters. The van der Waals surface area contributed by atoms with Gasteiger partial charge in [0.15, 0.2) is 11.6 Å². The highest BCUT2D eigenvalue weighted by atomic mass is 19.1. The molecule has 4 heteroatoms. The van der Waals surface area contributed by atoms with Crippen LogP contribution in [0.1, 0.15) is 18.1 Å². The summed E-state index contributed by atoms with van der Waals surface area (Å²) in [6.45, 7) is 2.35. The van der Waals surface area contributed by atoms with Gasteiger partial charge in [-0.2, -0.15) is 0 Å². The molecule has 0 N–H and O–H groups in total. The number of ether oxygens (including phenoxy) is 2. The lowest BCUT2D eigenvalue weighted by Gasteiger charge is -2.09. The minimum Gasteiger partial charge on any atom is -0.486 e. The van der Waals surface area contributed by atoms with Crippen molar-refractivity contribution in [1.29, 1.82) is 0 Å². The van der Waals surface area contributed by atoms with Crippen LogP contribution in [0, 0.1) is 5.82 Å². The number of esters is 1. The first kappa shape index (κ1) is 15.0. The first-order chi connectivity index (χ1) is 10.2. The van der Waals surface area contributed by atoms with Crippen molar-refractivity contribution in [1.82, 2.24) is 0 Å². The summed E-state index contributed by atoms with van der Waals surface area (Å²) in [6.07, 6.45) is 0.0593. The van der Waals surface area contributed by atoms with Crippen LogP contribution in [0.4, 0.5) is 4.39 Å². The largest absolute Gasteiger partial charge is 0.486 e. The van der Waals surface area contributed by atoms with Crippen LogP contribution >= 0.6 is 0 Å². The van der Waals surface area contributed by atoms with Gasteiger partial charge in [0.1, 0.15) is 6.61 Å². The third kappa shape index (κ3) is 4.60. The lowest BCUT2D eigenvalue weighted by atomic mass is 10.1. The number of rotatable bonds is 6. The van der Waals surface area contributed by atoms with Gasteiger partial charge in [0.05, 0.1) is 13.0 Å². The van der Waals surface area contributed by atoms with E-state index in [1.165, 1.54) is 12.1 Å². The summed E-state index contributed by atoms with van der Waals surface area (Å²) in [5, 5.41) is 0. The lowest BCUT2D eigenvalue weighted by Crippen LogP contribution is -2.07. The monoisotopic (exact) mass is 288 g/mol. The molecule has 0 heterocycles. The Morgan fingerprint density at radius 2 is 1.86 bits per heavy atom. The van der Waals surface area contributed by atoms with Crippen molar-refractivity contribution in [2.45, 2.75) is 20.0 Å². The molecule has 2 aromatic carbocycles. The van der Waals surface area contributed by atoms with Gasteiger partial charge in [-0.15, -0.1) is 0 Å². The molecule has 0 aliphatic heterocycles. The van der Waals surface area contributed by atoms with E-state index in [-0.39, 0.29) is 18.1 Å². The van der Waals surface area contributed by atoms with Gasteiger partial charge in [-0.05, 0) is 30.2 Å². The minimum absolute atomic E-state index is 0.0593. The molecule has 3 nitrogen and oxygen atoms in total. The Balaban J connectivity index is 1.97. The molecule has 110 valence electrons. The summed E-state index contributed by atoms with van der Waals surface area (Å²) in [5.41, 5.74) is 1.53. The average Bonchev–Trinajstić information content (AvgIpc) is 2.48. The first-order valence-electron chi connectivity index (χ1n) is 6.80. The van der Waals surface area contributed by atoms with E-state index in [9.17, 15) is 9.18 Å². The van der Waals surface area contributed by atoms with Gasteiger partial charge in [-0.1, -0.05) is 36.4 Å². The van der Waals surface area contributed by atoms with E-state index in [2.05, 4.69) is 0 Å². The summed E-state index contributed by atoms with van der Waals surface area (Å²) in [6, 6.07) is 14.0. The van der Waals surface area contributed by atoms with Crippen molar-refractivity contribution in [2.75, 3.05) is 6.61 Å². The van der Waals surface area contributed by atoms with Crippen LogP contribution < -0.4 is 4.74 Å². The van der Waals surface area contributed by atoms with Gasteiger partial charge in [-0.25, -0.2) is 4.39 Å². The maximum Gasteiger partial charge on any atom is 0.310 e. The molecule has 2 aromatic rings. The van der Waals surface area contributed by atoms with Crippen molar-refractivity contribution < 1.29 is 18.7 Å². The number of carbonyl (C=O) groups excluding carboxylic acids is 1. The molecule has 0 unspecified atom stereocenters. The van der Waals surface area contributed by atoms with Crippen LogP contribution in [0.25, 0.3) is 0 Å². The Hall–Kier alpha value is -2.36. The average molecular weight is 288 g/mol. The van der Waals surface area contributed by atoms with Gasteiger partial charge in [0, 0.05) is 0 Å². The normalized spacial score (nSPS) is 10.2. The predicted octanol–water partition coefficient (Wildman–Crippen LogP) is 3.51. The van der Waals surface area contributed by atoms with E-state index in [4.69, 9.17) is 9.47 Å². The van der Waals surface area contributed by atoms with Crippen molar-refractivity contribution in [3.05, 3.63) is 65.5 Å². The lowest BCUT2D eigenvalue weighted by molar-refractivity contribution is -0.142. The van der Waals surface area contributed by atoms with Crippen molar-refractivity contribution >= 4 is 5.97 Å². The molecular weight excluding hydrogens is 271 g/mol. The van der Waals surface area contributed by atoms with E-state index in [1.807, 2.05) is 30.3 Å². The molecule has 0 amide bonds. The predicted molar refractivity (Wildman–Crippen MR) is 77.5 cm³/mol. The molecule has 0 saturated carbocycles.